The molecule has 0 bridgehead atoms. The first kappa shape index (κ1) is 11.4. The summed E-state index contributed by atoms with van der Waals surface area (Å²) in [6, 6.07) is 9.10. The fourth-order valence-corrected chi connectivity index (χ4v) is 1.02. The van der Waals surface area contributed by atoms with Crippen molar-refractivity contribution in [2.45, 2.75) is 5.16 Å². The van der Waals surface area contributed by atoms with Crippen LogP contribution in [0, 0.1) is 0 Å². The van der Waals surface area contributed by atoms with E-state index >= 15 is 0 Å². The third-order valence-electron chi connectivity index (χ3n) is 1.45. The Morgan fingerprint density at radius 3 is 2.40 bits per heavy atom. The van der Waals surface area contributed by atoms with Gasteiger partial charge in [0, 0.05) is 5.56 Å². The second-order valence-corrected chi connectivity index (χ2v) is 3.23. The second kappa shape index (κ2) is 6.72. The van der Waals surface area contributed by atoms with Gasteiger partial charge in [0.1, 0.15) is 6.29 Å². The first-order valence-corrected chi connectivity index (χ1v) is 5.37. The minimum atomic E-state index is 0.729. The first-order valence-electron chi connectivity index (χ1n) is 4.14. The zero-order valence-electron chi connectivity index (χ0n) is 8.12. The van der Waals surface area contributed by atoms with E-state index in [1.54, 1.807) is 12.1 Å². The normalized spacial score (nSPS) is 8.87. The van der Waals surface area contributed by atoms with Gasteiger partial charge in [-0.15, -0.1) is 5.10 Å². The van der Waals surface area contributed by atoms with Gasteiger partial charge >= 0.3 is 0 Å². The van der Waals surface area contributed by atoms with Gasteiger partial charge in [-0.25, -0.2) is 5.10 Å². The van der Waals surface area contributed by atoms with Gasteiger partial charge in [0.15, 0.2) is 0 Å². The molecular weight excluding hydrogens is 212 g/mol. The first-order chi connectivity index (χ1) is 7.36. The molecule has 1 N–H and O–H groups in total. The van der Waals surface area contributed by atoms with Gasteiger partial charge in [-0.05, 0) is 16.7 Å². The molecule has 2 aromatic rings. The molecule has 15 heavy (non-hydrogen) atoms. The lowest BCUT2D eigenvalue weighted by atomic mass is 10.2. The Balaban J connectivity index is 0.000000151. The Kier molecular flexibility index (Phi) is 5.10. The highest BCUT2D eigenvalue weighted by atomic mass is 32.2. The lowest BCUT2D eigenvalue weighted by Gasteiger charge is -1.81. The summed E-state index contributed by atoms with van der Waals surface area (Å²) in [5, 5.41) is 13.6. The van der Waals surface area contributed by atoms with Crippen molar-refractivity contribution < 1.29 is 4.79 Å². The Hall–Kier alpha value is -1.69. The van der Waals surface area contributed by atoms with Crippen LogP contribution in [0.4, 0.5) is 0 Å². The van der Waals surface area contributed by atoms with Gasteiger partial charge in [0.25, 0.3) is 0 Å². The van der Waals surface area contributed by atoms with Crippen LogP contribution in [0.2, 0.25) is 0 Å². The van der Waals surface area contributed by atoms with E-state index in [0.29, 0.717) is 0 Å². The standard InChI is InChI=1S/C7H6O.C2H4N4S/c8-6-7-4-2-1-3-5-7;1-7-2-3-5-6-4-2/h1-6H;1H3,(H,3,4,5,6). The van der Waals surface area contributed by atoms with Crippen molar-refractivity contribution in [3.63, 3.8) is 0 Å². The number of tetrazole rings is 1. The molecule has 2 rings (SSSR count). The van der Waals surface area contributed by atoms with Crippen LogP contribution in [0.15, 0.2) is 35.5 Å². The maximum atomic E-state index is 10.0. The maximum Gasteiger partial charge on any atom is 0.206 e. The number of nitrogens with zero attached hydrogens (tertiary/aromatic N) is 3. The van der Waals surface area contributed by atoms with Gasteiger partial charge in [0.05, 0.1) is 0 Å². The van der Waals surface area contributed by atoms with Crippen molar-refractivity contribution in [1.82, 2.24) is 20.6 Å². The van der Waals surface area contributed by atoms with Crippen LogP contribution in [0.1, 0.15) is 10.4 Å². The van der Waals surface area contributed by atoms with Crippen LogP contribution in [0.5, 0.6) is 0 Å². The van der Waals surface area contributed by atoms with Crippen molar-refractivity contribution in [3.05, 3.63) is 35.9 Å². The minimum absolute atomic E-state index is 0.729. The number of nitrogens with one attached hydrogen (secondary N) is 1. The SMILES string of the molecule is CSc1nnn[nH]1.O=Cc1ccccc1. The van der Waals surface area contributed by atoms with Crippen LogP contribution < -0.4 is 0 Å². The van der Waals surface area contributed by atoms with E-state index < -0.39 is 0 Å². The molecule has 0 aliphatic heterocycles. The molecule has 0 atom stereocenters. The minimum Gasteiger partial charge on any atom is -0.298 e. The number of aldehydes is 1. The molecule has 0 saturated carbocycles. The van der Waals surface area contributed by atoms with E-state index in [4.69, 9.17) is 0 Å². The molecule has 5 nitrogen and oxygen atoms in total. The highest BCUT2D eigenvalue weighted by Gasteiger charge is 1.86. The molecule has 0 amide bonds. The van der Waals surface area contributed by atoms with Crippen molar-refractivity contribution >= 4 is 18.0 Å². The lowest BCUT2D eigenvalue weighted by molar-refractivity contribution is 0.112. The number of aromatic nitrogens is 4. The summed E-state index contributed by atoms with van der Waals surface area (Å²) in [5.74, 6) is 0. The van der Waals surface area contributed by atoms with Crippen LogP contribution >= 0.6 is 11.8 Å². The molecule has 78 valence electrons. The quantitative estimate of drug-likeness (QED) is 0.614. The molecule has 0 radical (unpaired) electrons. The second-order valence-electron chi connectivity index (χ2n) is 2.44. The van der Waals surface area contributed by atoms with Crippen molar-refractivity contribution in [1.29, 1.82) is 0 Å². The van der Waals surface area contributed by atoms with Crippen LogP contribution in [-0.2, 0) is 0 Å². The van der Waals surface area contributed by atoms with Crippen molar-refractivity contribution in [2.75, 3.05) is 6.26 Å². The number of aromatic amines is 1. The van der Waals surface area contributed by atoms with Gasteiger partial charge in [0.2, 0.25) is 5.16 Å². The van der Waals surface area contributed by atoms with E-state index in [9.17, 15) is 4.79 Å². The van der Waals surface area contributed by atoms with Gasteiger partial charge < -0.3 is 0 Å². The molecule has 0 aliphatic carbocycles. The molecule has 1 aromatic carbocycles. The van der Waals surface area contributed by atoms with Crippen molar-refractivity contribution in [2.24, 2.45) is 0 Å². The zero-order chi connectivity index (χ0) is 10.9. The number of thioether (sulfide) groups is 1. The molecule has 0 spiro atoms. The highest BCUT2D eigenvalue weighted by Crippen LogP contribution is 2.01. The average molecular weight is 222 g/mol. The number of carbonyl (C=O) groups is 1. The van der Waals surface area contributed by atoms with E-state index in [2.05, 4.69) is 20.6 Å². The summed E-state index contributed by atoms with van der Waals surface area (Å²) in [4.78, 5) is 10.0. The average Bonchev–Trinajstić information content (AvgIpc) is 2.84. The molecule has 0 saturated heterocycles. The molecule has 0 aliphatic rings. The summed E-state index contributed by atoms with van der Waals surface area (Å²) in [7, 11) is 0. The summed E-state index contributed by atoms with van der Waals surface area (Å²) in [6.45, 7) is 0. The fraction of sp³-hybridized carbons (Fsp3) is 0.111. The van der Waals surface area contributed by atoms with Crippen LogP contribution in [0.3, 0.4) is 0 Å². The molecule has 6 heteroatoms. The van der Waals surface area contributed by atoms with E-state index in [-0.39, 0.29) is 0 Å². The number of H-pyrrole nitrogens is 1. The van der Waals surface area contributed by atoms with Gasteiger partial charge in [-0.2, -0.15) is 0 Å². The Morgan fingerprint density at radius 1 is 1.33 bits per heavy atom. The third kappa shape index (κ3) is 4.37. The molecule has 1 heterocycles. The summed E-state index contributed by atoms with van der Waals surface area (Å²) >= 11 is 1.48. The maximum absolute atomic E-state index is 10.0. The summed E-state index contributed by atoms with van der Waals surface area (Å²) in [6.07, 6.45) is 2.74. The highest BCUT2D eigenvalue weighted by molar-refractivity contribution is 7.98. The predicted molar refractivity (Wildman–Crippen MR) is 57.8 cm³/mol. The number of hydrogen-bond donors (Lipinski definition) is 1. The Morgan fingerprint density at radius 2 is 2.07 bits per heavy atom. The number of carbonyl (C=O) groups excluding carboxylic acids is 1. The summed E-state index contributed by atoms with van der Waals surface area (Å²) < 4.78 is 0. The van der Waals surface area contributed by atoms with Crippen LogP contribution in [0.25, 0.3) is 0 Å². The smallest absolute Gasteiger partial charge is 0.206 e. The predicted octanol–water partition coefficient (Wildman–Crippen LogP) is 1.42. The molecule has 1 aromatic heterocycles. The lowest BCUT2D eigenvalue weighted by Crippen LogP contribution is -1.73. The van der Waals surface area contributed by atoms with Gasteiger partial charge in [-0.3, -0.25) is 4.79 Å². The monoisotopic (exact) mass is 222 g/mol. The van der Waals surface area contributed by atoms with Crippen molar-refractivity contribution in [3.8, 4) is 0 Å². The fourth-order valence-electron chi connectivity index (χ4n) is 0.769. The Bertz CT molecular complexity index is 376. The Labute approximate surface area is 91.3 Å². The molecular formula is C9H10N4OS. The van der Waals surface area contributed by atoms with E-state index in [0.717, 1.165) is 17.0 Å². The topological polar surface area (TPSA) is 71.5 Å². The van der Waals surface area contributed by atoms with Gasteiger partial charge in [-0.1, -0.05) is 42.1 Å². The summed E-state index contributed by atoms with van der Waals surface area (Å²) in [5.41, 5.74) is 0.729. The van der Waals surface area contributed by atoms with Crippen LogP contribution in [-0.4, -0.2) is 33.2 Å². The number of rotatable bonds is 2. The molecule has 0 fully saturated rings. The van der Waals surface area contributed by atoms with E-state index in [1.165, 1.54) is 11.8 Å². The number of benzene rings is 1. The zero-order valence-corrected chi connectivity index (χ0v) is 8.94. The largest absolute Gasteiger partial charge is 0.298 e. The molecule has 0 unspecified atom stereocenters. The van der Waals surface area contributed by atoms with E-state index in [1.807, 2.05) is 24.5 Å². The third-order valence-corrected chi connectivity index (χ3v) is 2.01. The number of hydrogen-bond acceptors (Lipinski definition) is 5.